The highest BCUT2D eigenvalue weighted by molar-refractivity contribution is 5.26. The SMILES string of the molecule is N#CC1CCCCC=C1Cc1ccccc1. The van der Waals surface area contributed by atoms with Gasteiger partial charge in [-0.3, -0.25) is 0 Å². The molecule has 16 heavy (non-hydrogen) atoms. The van der Waals surface area contributed by atoms with Crippen LogP contribution in [0.15, 0.2) is 42.0 Å². The molecule has 0 saturated carbocycles. The summed E-state index contributed by atoms with van der Waals surface area (Å²) in [6, 6.07) is 12.9. The van der Waals surface area contributed by atoms with Crippen molar-refractivity contribution in [1.82, 2.24) is 0 Å². The fourth-order valence-electron chi connectivity index (χ4n) is 2.28. The van der Waals surface area contributed by atoms with Crippen molar-refractivity contribution in [1.29, 1.82) is 5.26 Å². The van der Waals surface area contributed by atoms with Crippen molar-refractivity contribution >= 4 is 0 Å². The molecule has 0 spiro atoms. The van der Waals surface area contributed by atoms with E-state index in [4.69, 9.17) is 0 Å². The lowest BCUT2D eigenvalue weighted by molar-refractivity contribution is 0.629. The lowest BCUT2D eigenvalue weighted by Crippen LogP contribution is -2.03. The highest BCUT2D eigenvalue weighted by Gasteiger charge is 2.15. The number of nitrogens with zero attached hydrogens (tertiary/aromatic N) is 1. The normalized spacial score (nSPS) is 20.7. The van der Waals surface area contributed by atoms with Crippen LogP contribution in [0.5, 0.6) is 0 Å². The van der Waals surface area contributed by atoms with E-state index in [1.807, 2.05) is 6.07 Å². The number of rotatable bonds is 2. The fraction of sp³-hybridized carbons (Fsp3) is 0.400. The molecule has 0 amide bonds. The van der Waals surface area contributed by atoms with Crippen molar-refractivity contribution in [3.63, 3.8) is 0 Å². The van der Waals surface area contributed by atoms with E-state index < -0.39 is 0 Å². The van der Waals surface area contributed by atoms with Gasteiger partial charge in [0, 0.05) is 0 Å². The van der Waals surface area contributed by atoms with E-state index in [1.165, 1.54) is 24.0 Å². The van der Waals surface area contributed by atoms with Gasteiger partial charge in [-0.05, 0) is 31.2 Å². The van der Waals surface area contributed by atoms with Gasteiger partial charge in [-0.15, -0.1) is 0 Å². The van der Waals surface area contributed by atoms with Gasteiger partial charge in [0.05, 0.1) is 12.0 Å². The summed E-state index contributed by atoms with van der Waals surface area (Å²) in [4.78, 5) is 0. The third kappa shape index (κ3) is 2.73. The predicted molar refractivity (Wildman–Crippen MR) is 65.8 cm³/mol. The summed E-state index contributed by atoms with van der Waals surface area (Å²) in [7, 11) is 0. The van der Waals surface area contributed by atoms with Gasteiger partial charge in [0.1, 0.15) is 0 Å². The first kappa shape index (κ1) is 11.0. The molecule has 0 N–H and O–H groups in total. The minimum absolute atomic E-state index is 0.141. The zero-order valence-corrected chi connectivity index (χ0v) is 9.52. The molecule has 2 rings (SSSR count). The second kappa shape index (κ2) is 5.51. The molecule has 1 nitrogen and oxygen atoms in total. The first-order valence-corrected chi connectivity index (χ1v) is 6.02. The third-order valence-electron chi connectivity index (χ3n) is 3.21. The van der Waals surface area contributed by atoms with Crippen LogP contribution >= 0.6 is 0 Å². The second-order valence-corrected chi connectivity index (χ2v) is 4.41. The van der Waals surface area contributed by atoms with E-state index >= 15 is 0 Å². The van der Waals surface area contributed by atoms with Crippen LogP contribution < -0.4 is 0 Å². The Bertz CT molecular complexity index is 397. The molecule has 0 bridgehead atoms. The molecular formula is C15H17N. The minimum atomic E-state index is 0.141. The molecule has 1 atom stereocenters. The standard InChI is InChI=1S/C15H17N/c16-12-15-10-6-2-5-9-14(15)11-13-7-3-1-4-8-13/h1,3-4,7-9,15H,2,5-6,10-11H2. The van der Waals surface area contributed by atoms with Crippen molar-refractivity contribution in [3.05, 3.63) is 47.5 Å². The van der Waals surface area contributed by atoms with Crippen molar-refractivity contribution < 1.29 is 0 Å². The largest absolute Gasteiger partial charge is 0.198 e. The van der Waals surface area contributed by atoms with Gasteiger partial charge < -0.3 is 0 Å². The van der Waals surface area contributed by atoms with E-state index in [0.717, 1.165) is 19.3 Å². The molecule has 0 aliphatic heterocycles. The molecule has 0 radical (unpaired) electrons. The Morgan fingerprint density at radius 1 is 1.19 bits per heavy atom. The molecule has 1 aliphatic rings. The van der Waals surface area contributed by atoms with E-state index in [2.05, 4.69) is 36.4 Å². The Labute approximate surface area is 97.4 Å². The Balaban J connectivity index is 2.13. The lowest BCUT2D eigenvalue weighted by atomic mass is 9.92. The van der Waals surface area contributed by atoms with Crippen LogP contribution in [0.4, 0.5) is 0 Å². The van der Waals surface area contributed by atoms with Gasteiger partial charge in [0.2, 0.25) is 0 Å². The zero-order chi connectivity index (χ0) is 11.2. The van der Waals surface area contributed by atoms with Crippen LogP contribution in [0.25, 0.3) is 0 Å². The van der Waals surface area contributed by atoms with E-state index in [1.54, 1.807) is 0 Å². The Morgan fingerprint density at radius 2 is 2.00 bits per heavy atom. The summed E-state index contributed by atoms with van der Waals surface area (Å²) in [5.41, 5.74) is 2.64. The number of benzene rings is 1. The Kier molecular flexibility index (Phi) is 3.77. The fourth-order valence-corrected chi connectivity index (χ4v) is 2.28. The van der Waals surface area contributed by atoms with Gasteiger partial charge in [0.25, 0.3) is 0 Å². The molecule has 1 unspecified atom stereocenters. The van der Waals surface area contributed by atoms with Gasteiger partial charge in [-0.2, -0.15) is 5.26 Å². The van der Waals surface area contributed by atoms with Gasteiger partial charge in [0.15, 0.2) is 0 Å². The molecule has 0 saturated heterocycles. The summed E-state index contributed by atoms with van der Waals surface area (Å²) in [5.74, 6) is 0.141. The predicted octanol–water partition coefficient (Wildman–Crippen LogP) is 3.87. The third-order valence-corrected chi connectivity index (χ3v) is 3.21. The number of allylic oxidation sites excluding steroid dienone is 2. The lowest BCUT2D eigenvalue weighted by Gasteiger charge is -2.11. The summed E-state index contributed by atoms with van der Waals surface area (Å²) in [6.07, 6.45) is 7.83. The van der Waals surface area contributed by atoms with E-state index in [-0.39, 0.29) is 5.92 Å². The van der Waals surface area contributed by atoms with E-state index in [0.29, 0.717) is 0 Å². The maximum Gasteiger partial charge on any atom is 0.0700 e. The maximum atomic E-state index is 9.17. The molecule has 1 aromatic rings. The quantitative estimate of drug-likeness (QED) is 0.681. The molecule has 0 aromatic heterocycles. The highest BCUT2D eigenvalue weighted by Crippen LogP contribution is 2.26. The highest BCUT2D eigenvalue weighted by atomic mass is 14.3. The average molecular weight is 211 g/mol. The summed E-state index contributed by atoms with van der Waals surface area (Å²) >= 11 is 0. The van der Waals surface area contributed by atoms with Crippen LogP contribution in [0.2, 0.25) is 0 Å². The Morgan fingerprint density at radius 3 is 2.75 bits per heavy atom. The molecule has 1 aliphatic carbocycles. The first-order valence-electron chi connectivity index (χ1n) is 6.02. The first-order chi connectivity index (χ1) is 7.90. The zero-order valence-electron chi connectivity index (χ0n) is 9.52. The van der Waals surface area contributed by atoms with Crippen LogP contribution in [-0.2, 0) is 6.42 Å². The summed E-state index contributed by atoms with van der Waals surface area (Å²) in [6.45, 7) is 0. The van der Waals surface area contributed by atoms with Gasteiger partial charge in [-0.25, -0.2) is 0 Å². The number of hydrogen-bond acceptors (Lipinski definition) is 1. The molecular weight excluding hydrogens is 194 g/mol. The Hall–Kier alpha value is -1.55. The molecule has 82 valence electrons. The van der Waals surface area contributed by atoms with Crippen LogP contribution in [0.3, 0.4) is 0 Å². The maximum absolute atomic E-state index is 9.17. The number of hydrogen-bond donors (Lipinski definition) is 0. The molecule has 0 heterocycles. The monoisotopic (exact) mass is 211 g/mol. The second-order valence-electron chi connectivity index (χ2n) is 4.41. The number of nitriles is 1. The van der Waals surface area contributed by atoms with Crippen LogP contribution in [-0.4, -0.2) is 0 Å². The van der Waals surface area contributed by atoms with Crippen molar-refractivity contribution in [2.75, 3.05) is 0 Å². The van der Waals surface area contributed by atoms with Crippen molar-refractivity contribution in [2.45, 2.75) is 32.1 Å². The van der Waals surface area contributed by atoms with Gasteiger partial charge >= 0.3 is 0 Å². The summed E-state index contributed by atoms with van der Waals surface area (Å²) in [5, 5.41) is 9.17. The van der Waals surface area contributed by atoms with Crippen LogP contribution in [0, 0.1) is 17.2 Å². The molecule has 1 heteroatoms. The topological polar surface area (TPSA) is 23.8 Å². The smallest absolute Gasteiger partial charge is 0.0700 e. The minimum Gasteiger partial charge on any atom is -0.198 e. The van der Waals surface area contributed by atoms with Gasteiger partial charge in [-0.1, -0.05) is 48.4 Å². The summed E-state index contributed by atoms with van der Waals surface area (Å²) < 4.78 is 0. The molecule has 0 fully saturated rings. The molecule has 1 aromatic carbocycles. The average Bonchev–Trinajstić information content (AvgIpc) is 2.55. The van der Waals surface area contributed by atoms with Crippen molar-refractivity contribution in [2.24, 2.45) is 5.92 Å². The van der Waals surface area contributed by atoms with E-state index in [9.17, 15) is 5.26 Å². The van der Waals surface area contributed by atoms with Crippen LogP contribution in [0.1, 0.15) is 31.2 Å². The van der Waals surface area contributed by atoms with Crippen molar-refractivity contribution in [3.8, 4) is 6.07 Å².